The van der Waals surface area contributed by atoms with Crippen molar-refractivity contribution in [2.75, 3.05) is 20.3 Å². The number of rotatable bonds is 10. The zero-order chi connectivity index (χ0) is 28.1. The predicted octanol–water partition coefficient (Wildman–Crippen LogP) is 2.26. The minimum atomic E-state index is -1.33. The zero-order valence-electron chi connectivity index (χ0n) is 21.7. The molecule has 3 N–H and O–H groups in total. The zero-order valence-corrected chi connectivity index (χ0v) is 21.7. The summed E-state index contributed by atoms with van der Waals surface area (Å²) in [6, 6.07) is 8.01. The molecule has 0 fully saturated rings. The summed E-state index contributed by atoms with van der Waals surface area (Å²) in [5.41, 5.74) is 1.18. The molecule has 0 aromatic heterocycles. The first-order chi connectivity index (χ1) is 18.8. The van der Waals surface area contributed by atoms with Gasteiger partial charge in [-0.05, 0) is 36.8 Å². The standard InChI is InChI=1S/C29H31FN2O7/c1-3-4-9-24(35)32(15-18-7-5-6-8-21(18)30)22-14-20(29(37)31-10-11-33)25-19-12-17(16-34)13-23(38-2)27(19)39-28(25)26(22)36/h4-9,12-14,16,22,25-26,28,33,36H,3,10-11,15H2,1-2H3,(H,31,37). The van der Waals surface area contributed by atoms with Gasteiger partial charge in [-0.25, -0.2) is 4.39 Å². The van der Waals surface area contributed by atoms with Crippen molar-refractivity contribution in [3.8, 4) is 11.5 Å². The van der Waals surface area contributed by atoms with Crippen LogP contribution in [0.1, 0.15) is 40.7 Å². The number of fused-ring (bicyclic) bond motifs is 3. The first-order valence-corrected chi connectivity index (χ1v) is 12.7. The molecule has 2 aromatic carbocycles. The number of carbonyl (C=O) groups is 3. The number of hydrogen-bond donors (Lipinski definition) is 3. The minimum absolute atomic E-state index is 0.0245. The Hall–Kier alpha value is -4.02. The molecule has 9 nitrogen and oxygen atoms in total. The van der Waals surface area contributed by atoms with Gasteiger partial charge < -0.3 is 29.9 Å². The van der Waals surface area contributed by atoms with E-state index in [1.807, 2.05) is 6.92 Å². The van der Waals surface area contributed by atoms with Crippen LogP contribution in [0.4, 0.5) is 4.39 Å². The van der Waals surface area contributed by atoms with Gasteiger partial charge >= 0.3 is 0 Å². The molecular formula is C29H31FN2O7. The van der Waals surface area contributed by atoms with E-state index in [4.69, 9.17) is 9.47 Å². The number of hydrogen-bond acceptors (Lipinski definition) is 7. The summed E-state index contributed by atoms with van der Waals surface area (Å²) < 4.78 is 26.2. The predicted molar refractivity (Wildman–Crippen MR) is 140 cm³/mol. The van der Waals surface area contributed by atoms with Crippen LogP contribution < -0.4 is 14.8 Å². The fourth-order valence-corrected chi connectivity index (χ4v) is 5.01. The number of benzene rings is 2. The molecule has 2 amide bonds. The second-order valence-corrected chi connectivity index (χ2v) is 9.27. The SMILES string of the molecule is CCC=CC(=O)N(Cc1ccccc1F)C1C=C(C(=O)NCCO)C2c3cc(C=O)cc(OC)c3OC2C1O. The highest BCUT2D eigenvalue weighted by molar-refractivity contribution is 5.97. The fourth-order valence-electron chi connectivity index (χ4n) is 5.01. The molecule has 2 aliphatic rings. The Balaban J connectivity index is 1.84. The van der Waals surface area contributed by atoms with Gasteiger partial charge in [-0.3, -0.25) is 14.4 Å². The molecule has 4 atom stereocenters. The number of ether oxygens (including phenoxy) is 2. The van der Waals surface area contributed by atoms with Gasteiger partial charge in [0.1, 0.15) is 24.3 Å². The first-order valence-electron chi connectivity index (χ1n) is 12.7. The molecule has 0 saturated carbocycles. The number of halogens is 1. The lowest BCUT2D eigenvalue weighted by Crippen LogP contribution is -2.55. The number of methoxy groups -OCH3 is 1. The Bertz CT molecular complexity index is 1310. The highest BCUT2D eigenvalue weighted by Crippen LogP contribution is 2.51. The van der Waals surface area contributed by atoms with Crippen molar-refractivity contribution < 1.29 is 38.5 Å². The van der Waals surface area contributed by atoms with Gasteiger partial charge in [-0.15, -0.1) is 0 Å². The molecular weight excluding hydrogens is 507 g/mol. The van der Waals surface area contributed by atoms with Crippen LogP contribution in [0.3, 0.4) is 0 Å². The Morgan fingerprint density at radius 1 is 1.26 bits per heavy atom. The van der Waals surface area contributed by atoms with E-state index in [0.717, 1.165) is 0 Å². The molecule has 39 heavy (non-hydrogen) atoms. The number of amides is 2. The van der Waals surface area contributed by atoms with E-state index in [9.17, 15) is 29.0 Å². The number of aliphatic hydroxyl groups is 2. The van der Waals surface area contributed by atoms with Crippen molar-refractivity contribution in [1.82, 2.24) is 10.2 Å². The van der Waals surface area contributed by atoms with Crippen molar-refractivity contribution in [3.05, 3.63) is 82.7 Å². The molecule has 0 spiro atoms. The maximum atomic E-state index is 14.6. The first kappa shape index (κ1) is 28.0. The van der Waals surface area contributed by atoms with Gasteiger partial charge in [0.05, 0.1) is 25.7 Å². The van der Waals surface area contributed by atoms with E-state index >= 15 is 0 Å². The topological polar surface area (TPSA) is 125 Å². The lowest BCUT2D eigenvalue weighted by atomic mass is 9.77. The van der Waals surface area contributed by atoms with Crippen LogP contribution in [0.2, 0.25) is 0 Å². The summed E-state index contributed by atoms with van der Waals surface area (Å²) in [5.74, 6) is -1.80. The monoisotopic (exact) mass is 538 g/mol. The summed E-state index contributed by atoms with van der Waals surface area (Å²) >= 11 is 0. The average Bonchev–Trinajstić information content (AvgIpc) is 3.34. The quantitative estimate of drug-likeness (QED) is 0.313. The number of aliphatic hydroxyl groups excluding tert-OH is 2. The number of allylic oxidation sites excluding steroid dienone is 1. The summed E-state index contributed by atoms with van der Waals surface area (Å²) in [6.45, 7) is 1.36. The molecule has 0 saturated heterocycles. The summed E-state index contributed by atoms with van der Waals surface area (Å²) in [4.78, 5) is 39.6. The van der Waals surface area contributed by atoms with Gasteiger partial charge in [0.15, 0.2) is 11.5 Å². The molecule has 0 bridgehead atoms. The van der Waals surface area contributed by atoms with Crippen LogP contribution >= 0.6 is 0 Å². The van der Waals surface area contributed by atoms with Crippen LogP contribution in [-0.2, 0) is 16.1 Å². The molecule has 206 valence electrons. The Morgan fingerprint density at radius 3 is 2.69 bits per heavy atom. The highest BCUT2D eigenvalue weighted by atomic mass is 19.1. The Morgan fingerprint density at radius 2 is 2.03 bits per heavy atom. The van der Waals surface area contributed by atoms with Crippen molar-refractivity contribution >= 4 is 18.1 Å². The third-order valence-electron chi connectivity index (χ3n) is 6.85. The second kappa shape index (κ2) is 12.2. The van der Waals surface area contributed by atoms with Gasteiger partial charge in [0.2, 0.25) is 11.8 Å². The second-order valence-electron chi connectivity index (χ2n) is 9.27. The lowest BCUT2D eigenvalue weighted by Gasteiger charge is -2.40. The molecule has 10 heteroatoms. The molecule has 2 aromatic rings. The number of nitrogens with one attached hydrogen (secondary N) is 1. The lowest BCUT2D eigenvalue weighted by molar-refractivity contribution is -0.133. The van der Waals surface area contributed by atoms with Crippen LogP contribution in [0.25, 0.3) is 0 Å². The van der Waals surface area contributed by atoms with Crippen LogP contribution in [0, 0.1) is 5.82 Å². The van der Waals surface area contributed by atoms with Crippen molar-refractivity contribution in [3.63, 3.8) is 0 Å². The number of nitrogens with zero attached hydrogens (tertiary/aromatic N) is 1. The van der Waals surface area contributed by atoms with Crippen molar-refractivity contribution in [1.29, 1.82) is 0 Å². The van der Waals surface area contributed by atoms with Gasteiger partial charge in [0.25, 0.3) is 0 Å². The van der Waals surface area contributed by atoms with E-state index in [1.165, 1.54) is 42.4 Å². The van der Waals surface area contributed by atoms with Crippen LogP contribution in [0.15, 0.2) is 60.2 Å². The van der Waals surface area contributed by atoms with E-state index < -0.39 is 41.8 Å². The Labute approximate surface area is 225 Å². The van der Waals surface area contributed by atoms with E-state index in [2.05, 4.69) is 5.32 Å². The fraction of sp³-hybridized carbons (Fsp3) is 0.345. The van der Waals surface area contributed by atoms with Gasteiger partial charge in [0, 0.05) is 35.4 Å². The summed E-state index contributed by atoms with van der Waals surface area (Å²) in [6.07, 6.45) is 3.36. The number of aldehydes is 1. The van der Waals surface area contributed by atoms with Crippen LogP contribution in [-0.4, -0.2) is 71.7 Å². The third kappa shape index (κ3) is 5.57. The van der Waals surface area contributed by atoms with E-state index in [1.54, 1.807) is 24.3 Å². The average molecular weight is 539 g/mol. The smallest absolute Gasteiger partial charge is 0.247 e. The molecule has 1 heterocycles. The van der Waals surface area contributed by atoms with Crippen molar-refractivity contribution in [2.24, 2.45) is 0 Å². The maximum Gasteiger partial charge on any atom is 0.247 e. The minimum Gasteiger partial charge on any atom is -0.493 e. The summed E-state index contributed by atoms with van der Waals surface area (Å²) in [7, 11) is 1.41. The Kier molecular flexibility index (Phi) is 8.78. The molecule has 1 aliphatic carbocycles. The molecule has 4 unspecified atom stereocenters. The highest BCUT2D eigenvalue weighted by Gasteiger charge is 2.51. The largest absolute Gasteiger partial charge is 0.493 e. The molecule has 0 radical (unpaired) electrons. The normalized spacial score (nSPS) is 21.4. The van der Waals surface area contributed by atoms with Crippen molar-refractivity contribution in [2.45, 2.75) is 44.1 Å². The summed E-state index contributed by atoms with van der Waals surface area (Å²) in [5, 5.41) is 23.5. The van der Waals surface area contributed by atoms with Gasteiger partial charge in [-0.1, -0.05) is 31.2 Å². The van der Waals surface area contributed by atoms with Gasteiger partial charge in [-0.2, -0.15) is 0 Å². The van der Waals surface area contributed by atoms with E-state index in [-0.39, 0.29) is 42.3 Å². The van der Waals surface area contributed by atoms with E-state index in [0.29, 0.717) is 23.8 Å². The molecule has 4 rings (SSSR count). The van der Waals surface area contributed by atoms with Crippen LogP contribution in [0.5, 0.6) is 11.5 Å². The molecule has 1 aliphatic heterocycles. The third-order valence-corrected chi connectivity index (χ3v) is 6.85. The maximum absolute atomic E-state index is 14.6. The number of carbonyl (C=O) groups excluding carboxylic acids is 3.